The molecule has 0 radical (unpaired) electrons. The summed E-state index contributed by atoms with van der Waals surface area (Å²) in [6.07, 6.45) is 3.96. The Morgan fingerprint density at radius 2 is 2.11 bits per heavy atom. The molecule has 1 unspecified atom stereocenters. The summed E-state index contributed by atoms with van der Waals surface area (Å²) in [7, 11) is 1.92. The number of rotatable bonds is 2. The Labute approximate surface area is 109 Å². The zero-order valence-corrected chi connectivity index (χ0v) is 11.1. The molecule has 0 aromatic carbocycles. The second kappa shape index (κ2) is 5.14. The van der Waals surface area contributed by atoms with Crippen LogP contribution in [-0.2, 0) is 0 Å². The summed E-state index contributed by atoms with van der Waals surface area (Å²) in [5, 5.41) is 3.12. The second-order valence-corrected chi connectivity index (χ2v) is 5.26. The Balaban J connectivity index is 1.78. The van der Waals surface area contributed by atoms with Crippen LogP contribution in [0.1, 0.15) is 19.3 Å². The van der Waals surface area contributed by atoms with Gasteiger partial charge in [0.15, 0.2) is 0 Å². The van der Waals surface area contributed by atoms with E-state index in [2.05, 4.69) is 32.2 Å². The maximum Gasteiger partial charge on any atom is 0.131 e. The average molecular weight is 246 g/mol. The SMILES string of the molecule is CNc1cccc(N2CCCN3CCCC3C2)n1. The molecule has 4 nitrogen and oxygen atoms in total. The van der Waals surface area contributed by atoms with Crippen LogP contribution >= 0.6 is 0 Å². The van der Waals surface area contributed by atoms with Gasteiger partial charge in [-0.1, -0.05) is 6.07 Å². The van der Waals surface area contributed by atoms with Gasteiger partial charge < -0.3 is 10.2 Å². The zero-order valence-electron chi connectivity index (χ0n) is 11.1. The van der Waals surface area contributed by atoms with Crippen molar-refractivity contribution in [3.05, 3.63) is 18.2 Å². The molecule has 3 heterocycles. The van der Waals surface area contributed by atoms with Gasteiger partial charge in [0.2, 0.25) is 0 Å². The van der Waals surface area contributed by atoms with Crippen molar-refractivity contribution in [1.29, 1.82) is 0 Å². The number of pyridine rings is 1. The molecule has 1 atom stereocenters. The van der Waals surface area contributed by atoms with E-state index < -0.39 is 0 Å². The number of hydrogen-bond acceptors (Lipinski definition) is 4. The Hall–Kier alpha value is -1.29. The summed E-state index contributed by atoms with van der Waals surface area (Å²) in [5.74, 6) is 2.08. The monoisotopic (exact) mass is 246 g/mol. The molecule has 4 heteroatoms. The van der Waals surface area contributed by atoms with Crippen LogP contribution in [0.2, 0.25) is 0 Å². The van der Waals surface area contributed by atoms with Crippen LogP contribution in [0, 0.1) is 0 Å². The van der Waals surface area contributed by atoms with Crippen molar-refractivity contribution in [3.8, 4) is 0 Å². The molecule has 1 aromatic rings. The third kappa shape index (κ3) is 2.29. The number of anilines is 2. The lowest BCUT2D eigenvalue weighted by atomic mass is 10.2. The van der Waals surface area contributed by atoms with Gasteiger partial charge in [-0.25, -0.2) is 4.98 Å². The van der Waals surface area contributed by atoms with Crippen molar-refractivity contribution < 1.29 is 0 Å². The first-order valence-corrected chi connectivity index (χ1v) is 7.00. The zero-order chi connectivity index (χ0) is 12.4. The van der Waals surface area contributed by atoms with E-state index >= 15 is 0 Å². The molecule has 0 spiro atoms. The smallest absolute Gasteiger partial charge is 0.131 e. The first-order chi connectivity index (χ1) is 8.86. The number of aromatic nitrogens is 1. The third-order valence-electron chi connectivity index (χ3n) is 4.12. The first kappa shape index (κ1) is 11.8. The summed E-state index contributed by atoms with van der Waals surface area (Å²) in [6.45, 7) is 4.82. The molecule has 2 saturated heterocycles. The molecule has 0 aliphatic carbocycles. The number of nitrogens with one attached hydrogen (secondary N) is 1. The molecule has 3 rings (SSSR count). The average Bonchev–Trinajstić information content (AvgIpc) is 2.76. The van der Waals surface area contributed by atoms with E-state index in [0.717, 1.165) is 30.8 Å². The molecule has 0 bridgehead atoms. The van der Waals surface area contributed by atoms with Crippen molar-refractivity contribution in [2.24, 2.45) is 0 Å². The molecule has 0 saturated carbocycles. The van der Waals surface area contributed by atoms with E-state index in [1.54, 1.807) is 0 Å². The lowest BCUT2D eigenvalue weighted by Crippen LogP contribution is -2.36. The molecule has 0 amide bonds. The van der Waals surface area contributed by atoms with Gasteiger partial charge in [-0.05, 0) is 37.9 Å². The highest BCUT2D eigenvalue weighted by Gasteiger charge is 2.29. The van der Waals surface area contributed by atoms with E-state index in [0.29, 0.717) is 0 Å². The number of nitrogens with zero attached hydrogens (tertiary/aromatic N) is 3. The highest BCUT2D eigenvalue weighted by atomic mass is 15.3. The summed E-state index contributed by atoms with van der Waals surface area (Å²) in [4.78, 5) is 9.78. The molecule has 2 fully saturated rings. The maximum atomic E-state index is 4.67. The summed E-state index contributed by atoms with van der Waals surface area (Å²) in [5.41, 5.74) is 0. The van der Waals surface area contributed by atoms with Crippen LogP contribution in [-0.4, -0.2) is 49.2 Å². The largest absolute Gasteiger partial charge is 0.373 e. The van der Waals surface area contributed by atoms with Crippen molar-refractivity contribution >= 4 is 11.6 Å². The normalized spacial score (nSPS) is 24.7. The summed E-state index contributed by atoms with van der Waals surface area (Å²) < 4.78 is 0. The Kier molecular flexibility index (Phi) is 3.37. The molecular formula is C14H22N4. The predicted octanol–water partition coefficient (Wildman–Crippen LogP) is 1.80. The van der Waals surface area contributed by atoms with Gasteiger partial charge in [-0.15, -0.1) is 0 Å². The lowest BCUT2D eigenvalue weighted by Gasteiger charge is -2.26. The Morgan fingerprint density at radius 3 is 3.00 bits per heavy atom. The van der Waals surface area contributed by atoms with Gasteiger partial charge in [-0.2, -0.15) is 0 Å². The van der Waals surface area contributed by atoms with E-state index in [1.165, 1.54) is 32.4 Å². The minimum atomic E-state index is 0.743. The van der Waals surface area contributed by atoms with Crippen molar-refractivity contribution in [2.45, 2.75) is 25.3 Å². The van der Waals surface area contributed by atoms with Gasteiger partial charge in [0.25, 0.3) is 0 Å². The standard InChI is InChI=1S/C14H22N4/c1-15-13-6-2-7-14(16-13)18-10-4-9-17-8-3-5-12(17)11-18/h2,6-7,12H,3-5,8-11H2,1H3,(H,15,16). The van der Waals surface area contributed by atoms with Gasteiger partial charge in [0, 0.05) is 32.7 Å². The quantitative estimate of drug-likeness (QED) is 0.862. The van der Waals surface area contributed by atoms with E-state index in [9.17, 15) is 0 Å². The van der Waals surface area contributed by atoms with Crippen LogP contribution in [0.25, 0.3) is 0 Å². The van der Waals surface area contributed by atoms with Crippen LogP contribution in [0.15, 0.2) is 18.2 Å². The molecular weight excluding hydrogens is 224 g/mol. The van der Waals surface area contributed by atoms with E-state index in [-0.39, 0.29) is 0 Å². The van der Waals surface area contributed by atoms with Crippen LogP contribution < -0.4 is 10.2 Å². The topological polar surface area (TPSA) is 31.4 Å². The third-order valence-corrected chi connectivity index (χ3v) is 4.12. The fraction of sp³-hybridized carbons (Fsp3) is 0.643. The summed E-state index contributed by atoms with van der Waals surface area (Å²) in [6, 6.07) is 6.98. The predicted molar refractivity (Wildman–Crippen MR) is 75.2 cm³/mol. The minimum Gasteiger partial charge on any atom is -0.373 e. The van der Waals surface area contributed by atoms with Crippen molar-refractivity contribution in [1.82, 2.24) is 9.88 Å². The van der Waals surface area contributed by atoms with E-state index in [1.807, 2.05) is 13.1 Å². The highest BCUT2D eigenvalue weighted by molar-refractivity contribution is 5.47. The molecule has 1 N–H and O–H groups in total. The van der Waals surface area contributed by atoms with Crippen molar-refractivity contribution in [2.75, 3.05) is 43.4 Å². The fourth-order valence-corrected chi connectivity index (χ4v) is 3.15. The lowest BCUT2D eigenvalue weighted by molar-refractivity contribution is 0.273. The molecule has 98 valence electrons. The van der Waals surface area contributed by atoms with Crippen molar-refractivity contribution in [3.63, 3.8) is 0 Å². The Morgan fingerprint density at radius 1 is 1.22 bits per heavy atom. The molecule has 18 heavy (non-hydrogen) atoms. The van der Waals surface area contributed by atoms with Crippen LogP contribution in [0.3, 0.4) is 0 Å². The minimum absolute atomic E-state index is 0.743. The molecule has 1 aromatic heterocycles. The van der Waals surface area contributed by atoms with E-state index in [4.69, 9.17) is 0 Å². The molecule has 2 aliphatic rings. The van der Waals surface area contributed by atoms with Crippen LogP contribution in [0.4, 0.5) is 11.6 Å². The molecule has 2 aliphatic heterocycles. The van der Waals surface area contributed by atoms with Gasteiger partial charge in [0.05, 0.1) is 0 Å². The number of fused-ring (bicyclic) bond motifs is 1. The highest BCUT2D eigenvalue weighted by Crippen LogP contribution is 2.24. The van der Waals surface area contributed by atoms with Gasteiger partial charge >= 0.3 is 0 Å². The fourth-order valence-electron chi connectivity index (χ4n) is 3.15. The summed E-state index contributed by atoms with van der Waals surface area (Å²) >= 11 is 0. The second-order valence-electron chi connectivity index (χ2n) is 5.26. The van der Waals surface area contributed by atoms with Crippen LogP contribution in [0.5, 0.6) is 0 Å². The Bertz CT molecular complexity index is 407. The number of hydrogen-bond donors (Lipinski definition) is 1. The first-order valence-electron chi connectivity index (χ1n) is 7.00. The van der Waals surface area contributed by atoms with Gasteiger partial charge in [0.1, 0.15) is 11.6 Å². The maximum absolute atomic E-state index is 4.67. The van der Waals surface area contributed by atoms with Gasteiger partial charge in [-0.3, -0.25) is 4.90 Å².